The zero-order valence-corrected chi connectivity index (χ0v) is 10.5. The molecule has 1 aromatic carbocycles. The molecule has 0 saturated carbocycles. The van der Waals surface area contributed by atoms with Crippen molar-refractivity contribution < 1.29 is 0 Å². The van der Waals surface area contributed by atoms with Crippen LogP contribution in [-0.2, 0) is 12.8 Å². The molecule has 0 atom stereocenters. The van der Waals surface area contributed by atoms with Crippen molar-refractivity contribution in [1.29, 1.82) is 0 Å². The largest absolute Gasteiger partial charge is 0.396 e. The molecule has 0 fully saturated rings. The van der Waals surface area contributed by atoms with Crippen molar-refractivity contribution >= 4 is 17.2 Å². The Bertz CT molecular complexity index is 590. The summed E-state index contributed by atoms with van der Waals surface area (Å²) in [6.45, 7) is 1.99. The van der Waals surface area contributed by atoms with E-state index >= 15 is 0 Å². The summed E-state index contributed by atoms with van der Waals surface area (Å²) >= 11 is 0. The fourth-order valence-corrected chi connectivity index (χ4v) is 2.48. The van der Waals surface area contributed by atoms with Crippen LogP contribution >= 0.6 is 0 Å². The number of pyridine rings is 1. The molecule has 0 amide bonds. The Kier molecular flexibility index (Phi) is 2.67. The van der Waals surface area contributed by atoms with Crippen molar-refractivity contribution in [2.45, 2.75) is 26.2 Å². The quantitative estimate of drug-likeness (QED) is 0.846. The molecule has 3 heteroatoms. The van der Waals surface area contributed by atoms with Crippen LogP contribution in [0, 0.1) is 6.92 Å². The summed E-state index contributed by atoms with van der Waals surface area (Å²) in [5.41, 5.74) is 11.7. The van der Waals surface area contributed by atoms with Gasteiger partial charge in [0.25, 0.3) is 0 Å². The fourth-order valence-electron chi connectivity index (χ4n) is 2.48. The average Bonchev–Trinajstić information content (AvgIpc) is 2.80. The van der Waals surface area contributed by atoms with Crippen molar-refractivity contribution in [2.75, 3.05) is 11.1 Å². The standard InChI is InChI=1S/C15H17N3/c1-10-7-14(16)15(17-9-10)18-13-6-5-11-3-2-4-12(11)8-13/h5-9H,2-4,16H2,1H3,(H,17,18). The number of fused-ring (bicyclic) bond motifs is 1. The van der Waals surface area contributed by atoms with Gasteiger partial charge in [-0.3, -0.25) is 0 Å². The molecule has 3 N–H and O–H groups in total. The van der Waals surface area contributed by atoms with Crippen molar-refractivity contribution in [1.82, 2.24) is 4.98 Å². The number of benzene rings is 1. The van der Waals surface area contributed by atoms with E-state index in [1.54, 1.807) is 0 Å². The molecule has 0 aliphatic heterocycles. The lowest BCUT2D eigenvalue weighted by molar-refractivity contribution is 0.912. The van der Waals surface area contributed by atoms with Crippen LogP contribution in [-0.4, -0.2) is 4.98 Å². The van der Waals surface area contributed by atoms with Gasteiger partial charge >= 0.3 is 0 Å². The van der Waals surface area contributed by atoms with Crippen molar-refractivity contribution in [3.8, 4) is 0 Å². The van der Waals surface area contributed by atoms with E-state index in [0.717, 1.165) is 17.1 Å². The van der Waals surface area contributed by atoms with Gasteiger partial charge < -0.3 is 11.1 Å². The highest BCUT2D eigenvalue weighted by Gasteiger charge is 2.11. The number of rotatable bonds is 2. The van der Waals surface area contributed by atoms with E-state index in [9.17, 15) is 0 Å². The predicted octanol–water partition coefficient (Wildman–Crippen LogP) is 3.20. The van der Waals surface area contributed by atoms with Gasteiger partial charge in [-0.2, -0.15) is 0 Å². The van der Waals surface area contributed by atoms with Gasteiger partial charge in [0.1, 0.15) is 0 Å². The number of hydrogen-bond donors (Lipinski definition) is 2. The Labute approximate surface area is 107 Å². The first-order valence-corrected chi connectivity index (χ1v) is 6.33. The van der Waals surface area contributed by atoms with E-state index < -0.39 is 0 Å². The summed E-state index contributed by atoms with van der Waals surface area (Å²) in [5, 5.41) is 3.29. The van der Waals surface area contributed by atoms with Gasteiger partial charge in [-0.05, 0) is 61.1 Å². The van der Waals surface area contributed by atoms with Gasteiger partial charge in [0.15, 0.2) is 5.82 Å². The normalized spacial score (nSPS) is 13.4. The number of anilines is 3. The van der Waals surface area contributed by atoms with Crippen LogP contribution in [0.4, 0.5) is 17.2 Å². The Hall–Kier alpha value is -2.03. The molecule has 0 unspecified atom stereocenters. The van der Waals surface area contributed by atoms with Gasteiger partial charge in [0, 0.05) is 11.9 Å². The molecule has 0 bridgehead atoms. The topological polar surface area (TPSA) is 50.9 Å². The molecular formula is C15H17N3. The van der Waals surface area contributed by atoms with Crippen LogP contribution in [0.2, 0.25) is 0 Å². The monoisotopic (exact) mass is 239 g/mol. The maximum atomic E-state index is 5.96. The molecular weight excluding hydrogens is 222 g/mol. The number of nitrogens with two attached hydrogens (primary N) is 1. The van der Waals surface area contributed by atoms with Crippen molar-refractivity contribution in [2.24, 2.45) is 0 Å². The number of nitrogen functional groups attached to an aromatic ring is 1. The van der Waals surface area contributed by atoms with Gasteiger partial charge in [0.05, 0.1) is 5.69 Å². The molecule has 1 aromatic heterocycles. The van der Waals surface area contributed by atoms with Gasteiger partial charge in [-0.1, -0.05) is 6.07 Å². The maximum absolute atomic E-state index is 5.96. The molecule has 1 aliphatic rings. The van der Waals surface area contributed by atoms with Crippen LogP contribution < -0.4 is 11.1 Å². The number of nitrogens with one attached hydrogen (secondary N) is 1. The Morgan fingerprint density at radius 3 is 2.83 bits per heavy atom. The van der Waals surface area contributed by atoms with Gasteiger partial charge in [-0.15, -0.1) is 0 Å². The van der Waals surface area contributed by atoms with E-state index in [-0.39, 0.29) is 0 Å². The van der Waals surface area contributed by atoms with E-state index in [4.69, 9.17) is 5.73 Å². The van der Waals surface area contributed by atoms with E-state index in [0.29, 0.717) is 5.69 Å². The summed E-state index contributed by atoms with van der Waals surface area (Å²) in [6, 6.07) is 8.45. The summed E-state index contributed by atoms with van der Waals surface area (Å²) in [7, 11) is 0. The molecule has 3 nitrogen and oxygen atoms in total. The highest BCUT2D eigenvalue weighted by molar-refractivity contribution is 5.69. The lowest BCUT2D eigenvalue weighted by Gasteiger charge is -2.10. The first-order chi connectivity index (χ1) is 8.72. The summed E-state index contributed by atoms with van der Waals surface area (Å²) in [4.78, 5) is 4.33. The van der Waals surface area contributed by atoms with Gasteiger partial charge in [-0.25, -0.2) is 4.98 Å². The van der Waals surface area contributed by atoms with Crippen LogP contribution in [0.5, 0.6) is 0 Å². The number of nitrogens with zero attached hydrogens (tertiary/aromatic N) is 1. The minimum absolute atomic E-state index is 0.690. The predicted molar refractivity (Wildman–Crippen MR) is 75.1 cm³/mol. The minimum Gasteiger partial charge on any atom is -0.396 e. The molecule has 0 spiro atoms. The highest BCUT2D eigenvalue weighted by atomic mass is 15.0. The molecule has 18 heavy (non-hydrogen) atoms. The zero-order valence-electron chi connectivity index (χ0n) is 10.5. The van der Waals surface area contributed by atoms with E-state index in [2.05, 4.69) is 28.5 Å². The van der Waals surface area contributed by atoms with Crippen LogP contribution in [0.3, 0.4) is 0 Å². The second-order valence-electron chi connectivity index (χ2n) is 4.91. The molecule has 92 valence electrons. The van der Waals surface area contributed by atoms with Crippen LogP contribution in [0.1, 0.15) is 23.1 Å². The third-order valence-electron chi connectivity index (χ3n) is 3.42. The van der Waals surface area contributed by atoms with Gasteiger partial charge in [0.2, 0.25) is 0 Å². The van der Waals surface area contributed by atoms with Crippen LogP contribution in [0.25, 0.3) is 0 Å². The average molecular weight is 239 g/mol. The lowest BCUT2D eigenvalue weighted by Crippen LogP contribution is -2.00. The summed E-state index contributed by atoms with van der Waals surface area (Å²) in [6.07, 6.45) is 5.48. The molecule has 3 rings (SSSR count). The maximum Gasteiger partial charge on any atom is 0.153 e. The second-order valence-corrected chi connectivity index (χ2v) is 4.91. The van der Waals surface area contributed by atoms with E-state index in [1.807, 2.05) is 19.2 Å². The Morgan fingerprint density at radius 1 is 1.17 bits per heavy atom. The highest BCUT2D eigenvalue weighted by Crippen LogP contribution is 2.27. The smallest absolute Gasteiger partial charge is 0.153 e. The Morgan fingerprint density at radius 2 is 2.00 bits per heavy atom. The third-order valence-corrected chi connectivity index (χ3v) is 3.42. The summed E-state index contributed by atoms with van der Waals surface area (Å²) in [5.74, 6) is 0.735. The number of aryl methyl sites for hydroxylation is 3. The number of hydrogen-bond acceptors (Lipinski definition) is 3. The molecule has 0 saturated heterocycles. The second kappa shape index (κ2) is 4.33. The third kappa shape index (κ3) is 2.04. The Balaban J connectivity index is 1.88. The first-order valence-electron chi connectivity index (χ1n) is 6.33. The van der Waals surface area contributed by atoms with Crippen molar-refractivity contribution in [3.05, 3.63) is 47.2 Å². The lowest BCUT2D eigenvalue weighted by atomic mass is 10.1. The molecule has 1 heterocycles. The minimum atomic E-state index is 0.690. The van der Waals surface area contributed by atoms with Crippen molar-refractivity contribution in [3.63, 3.8) is 0 Å². The van der Waals surface area contributed by atoms with Crippen LogP contribution in [0.15, 0.2) is 30.5 Å². The number of aromatic nitrogens is 1. The first kappa shape index (κ1) is 11.1. The molecule has 2 aromatic rings. The molecule has 0 radical (unpaired) electrons. The summed E-state index contributed by atoms with van der Waals surface area (Å²) < 4.78 is 0. The zero-order chi connectivity index (χ0) is 12.5. The SMILES string of the molecule is Cc1cnc(Nc2ccc3c(c2)CCC3)c(N)c1. The fraction of sp³-hybridized carbons (Fsp3) is 0.267. The molecule has 1 aliphatic carbocycles. The van der Waals surface area contributed by atoms with E-state index in [1.165, 1.54) is 30.4 Å².